The van der Waals surface area contributed by atoms with Gasteiger partial charge in [0.2, 0.25) is 11.1 Å². The Bertz CT molecular complexity index is 512. The van der Waals surface area contributed by atoms with E-state index in [9.17, 15) is 4.79 Å². The molecule has 1 aromatic heterocycles. The Hall–Kier alpha value is -1.15. The van der Waals surface area contributed by atoms with Gasteiger partial charge in [-0.15, -0.1) is 5.10 Å². The maximum absolute atomic E-state index is 12.4. The number of hydrogen-bond acceptors (Lipinski definition) is 6. The summed E-state index contributed by atoms with van der Waals surface area (Å²) in [7, 11) is 0. The van der Waals surface area contributed by atoms with Gasteiger partial charge >= 0.3 is 0 Å². The third-order valence-electron chi connectivity index (χ3n) is 4.60. The highest BCUT2D eigenvalue weighted by Crippen LogP contribution is 2.27. The van der Waals surface area contributed by atoms with Crippen molar-refractivity contribution in [3.8, 4) is 0 Å². The van der Waals surface area contributed by atoms with E-state index in [-0.39, 0.29) is 17.2 Å². The molecule has 128 valence electrons. The van der Waals surface area contributed by atoms with E-state index in [2.05, 4.69) is 20.8 Å². The Balaban J connectivity index is 1.55. The first-order chi connectivity index (χ1) is 11.2. The lowest BCUT2D eigenvalue weighted by Crippen LogP contribution is -2.40. The predicted molar refractivity (Wildman–Crippen MR) is 87.2 cm³/mol. The molecule has 0 aromatic carbocycles. The van der Waals surface area contributed by atoms with Gasteiger partial charge in [0.25, 0.3) is 0 Å². The van der Waals surface area contributed by atoms with Crippen molar-refractivity contribution in [2.24, 2.45) is 0 Å². The molecule has 1 saturated heterocycles. The van der Waals surface area contributed by atoms with Gasteiger partial charge in [-0.1, -0.05) is 31.0 Å². The summed E-state index contributed by atoms with van der Waals surface area (Å²) in [6.07, 6.45) is 7.76. The molecule has 2 aliphatic rings. The molecular formula is C15H25N5O2S. The summed E-state index contributed by atoms with van der Waals surface area (Å²) < 4.78 is 7.25. The molecule has 23 heavy (non-hydrogen) atoms. The van der Waals surface area contributed by atoms with E-state index in [0.29, 0.717) is 6.04 Å². The van der Waals surface area contributed by atoms with Crippen molar-refractivity contribution in [2.75, 3.05) is 13.2 Å². The van der Waals surface area contributed by atoms with Gasteiger partial charge in [-0.05, 0) is 43.0 Å². The summed E-state index contributed by atoms with van der Waals surface area (Å²) in [5.74, 6) is 0.0865. The first-order valence-electron chi connectivity index (χ1n) is 8.56. The molecule has 1 atom stereocenters. The van der Waals surface area contributed by atoms with Crippen LogP contribution in [0.1, 0.15) is 57.9 Å². The first kappa shape index (κ1) is 16.7. The van der Waals surface area contributed by atoms with Gasteiger partial charge in [-0.2, -0.15) is 0 Å². The van der Waals surface area contributed by atoms with E-state index in [1.165, 1.54) is 31.0 Å². The van der Waals surface area contributed by atoms with Crippen LogP contribution in [-0.2, 0) is 9.53 Å². The molecule has 1 aromatic rings. The van der Waals surface area contributed by atoms with Crippen LogP contribution in [0, 0.1) is 0 Å². The smallest absolute Gasteiger partial charge is 0.233 e. The number of tetrazole rings is 1. The largest absolute Gasteiger partial charge is 0.381 e. The van der Waals surface area contributed by atoms with Crippen molar-refractivity contribution in [1.29, 1.82) is 0 Å². The van der Waals surface area contributed by atoms with Crippen molar-refractivity contribution >= 4 is 17.7 Å². The number of hydrogen-bond donors (Lipinski definition) is 1. The minimum Gasteiger partial charge on any atom is -0.381 e. The molecule has 3 rings (SSSR count). The molecule has 1 N–H and O–H groups in total. The van der Waals surface area contributed by atoms with Crippen LogP contribution in [0.15, 0.2) is 5.16 Å². The number of amides is 1. The standard InChI is InChI=1S/C15H25N5O2S/c1-11(14(21)16-12-5-3-2-4-6-12)23-15-17-18-19-20(15)13-7-9-22-10-8-13/h11-13H,2-10H2,1H3,(H,16,21)/t11-/m1/s1. The maximum atomic E-state index is 12.4. The van der Waals surface area contributed by atoms with E-state index >= 15 is 0 Å². The molecule has 1 amide bonds. The van der Waals surface area contributed by atoms with Gasteiger partial charge in [0, 0.05) is 19.3 Å². The highest BCUT2D eigenvalue weighted by molar-refractivity contribution is 8.00. The third-order valence-corrected chi connectivity index (χ3v) is 5.65. The van der Waals surface area contributed by atoms with Gasteiger partial charge in [-0.25, -0.2) is 4.68 Å². The zero-order valence-corrected chi connectivity index (χ0v) is 14.4. The molecule has 1 aliphatic heterocycles. The molecule has 1 saturated carbocycles. The summed E-state index contributed by atoms with van der Waals surface area (Å²) in [6, 6.07) is 0.612. The molecule has 2 heterocycles. The number of rotatable bonds is 5. The number of carbonyl (C=O) groups excluding carboxylic acids is 1. The minimum atomic E-state index is -0.193. The van der Waals surface area contributed by atoms with Crippen LogP contribution in [0.4, 0.5) is 0 Å². The van der Waals surface area contributed by atoms with Gasteiger partial charge in [0.15, 0.2) is 0 Å². The topological polar surface area (TPSA) is 81.9 Å². The van der Waals surface area contributed by atoms with Crippen molar-refractivity contribution in [2.45, 2.75) is 74.4 Å². The quantitative estimate of drug-likeness (QED) is 0.826. The zero-order valence-electron chi connectivity index (χ0n) is 13.6. The average Bonchev–Trinajstić information content (AvgIpc) is 3.04. The van der Waals surface area contributed by atoms with Crippen LogP contribution in [0.2, 0.25) is 0 Å². The fourth-order valence-electron chi connectivity index (χ4n) is 3.20. The number of ether oxygens (including phenoxy) is 1. The fourth-order valence-corrected chi connectivity index (χ4v) is 4.07. The van der Waals surface area contributed by atoms with Gasteiger partial charge in [0.05, 0.1) is 11.3 Å². The van der Waals surface area contributed by atoms with Crippen LogP contribution >= 0.6 is 11.8 Å². The molecule has 2 fully saturated rings. The van der Waals surface area contributed by atoms with E-state index in [1.807, 2.05) is 11.6 Å². The molecule has 0 bridgehead atoms. The van der Waals surface area contributed by atoms with Crippen molar-refractivity contribution < 1.29 is 9.53 Å². The lowest BCUT2D eigenvalue weighted by Gasteiger charge is -2.25. The summed E-state index contributed by atoms with van der Waals surface area (Å²) >= 11 is 1.44. The maximum Gasteiger partial charge on any atom is 0.233 e. The first-order valence-corrected chi connectivity index (χ1v) is 9.44. The average molecular weight is 339 g/mol. The van der Waals surface area contributed by atoms with Crippen molar-refractivity contribution in [3.05, 3.63) is 0 Å². The third kappa shape index (κ3) is 4.44. The Morgan fingerprint density at radius 2 is 2.00 bits per heavy atom. The molecule has 0 unspecified atom stereocenters. The van der Waals surface area contributed by atoms with Gasteiger partial charge in [0.1, 0.15) is 0 Å². The van der Waals surface area contributed by atoms with Crippen LogP contribution in [-0.4, -0.2) is 50.6 Å². The number of carbonyl (C=O) groups is 1. The lowest BCUT2D eigenvalue weighted by atomic mass is 9.95. The summed E-state index contributed by atoms with van der Waals surface area (Å²) in [5, 5.41) is 15.7. The second kappa shape index (κ2) is 8.10. The number of thioether (sulfide) groups is 1. The highest BCUT2D eigenvalue weighted by Gasteiger charge is 2.25. The fraction of sp³-hybridized carbons (Fsp3) is 0.867. The van der Waals surface area contributed by atoms with Crippen LogP contribution in [0.3, 0.4) is 0 Å². The van der Waals surface area contributed by atoms with E-state index < -0.39 is 0 Å². The van der Waals surface area contributed by atoms with Gasteiger partial charge < -0.3 is 10.1 Å². The number of nitrogens with zero attached hydrogens (tertiary/aromatic N) is 4. The van der Waals surface area contributed by atoms with E-state index in [0.717, 1.165) is 44.1 Å². The highest BCUT2D eigenvalue weighted by atomic mass is 32.2. The molecule has 0 radical (unpaired) electrons. The summed E-state index contributed by atoms with van der Waals surface area (Å²) in [5.41, 5.74) is 0. The minimum absolute atomic E-state index is 0.0865. The van der Waals surface area contributed by atoms with Crippen LogP contribution in [0.5, 0.6) is 0 Å². The van der Waals surface area contributed by atoms with Crippen molar-refractivity contribution in [1.82, 2.24) is 25.5 Å². The van der Waals surface area contributed by atoms with Crippen molar-refractivity contribution in [3.63, 3.8) is 0 Å². The SMILES string of the molecule is C[C@@H](Sc1nnnn1C1CCOCC1)C(=O)NC1CCCCC1. The van der Waals surface area contributed by atoms with Gasteiger partial charge in [-0.3, -0.25) is 4.79 Å². The monoisotopic (exact) mass is 339 g/mol. The zero-order chi connectivity index (χ0) is 16.1. The Kier molecular flexibility index (Phi) is 5.88. The second-order valence-corrected chi connectivity index (χ2v) is 7.66. The Labute approximate surface area is 140 Å². The molecule has 0 spiro atoms. The number of nitrogens with one attached hydrogen (secondary N) is 1. The Morgan fingerprint density at radius 3 is 2.74 bits per heavy atom. The molecule has 1 aliphatic carbocycles. The molecular weight excluding hydrogens is 314 g/mol. The molecule has 8 heteroatoms. The summed E-state index contributed by atoms with van der Waals surface area (Å²) in [6.45, 7) is 3.41. The van der Waals surface area contributed by atoms with Crippen LogP contribution in [0.25, 0.3) is 0 Å². The Morgan fingerprint density at radius 1 is 1.26 bits per heavy atom. The lowest BCUT2D eigenvalue weighted by molar-refractivity contribution is -0.121. The van der Waals surface area contributed by atoms with E-state index in [4.69, 9.17) is 4.74 Å². The van der Waals surface area contributed by atoms with E-state index in [1.54, 1.807) is 0 Å². The second-order valence-electron chi connectivity index (χ2n) is 6.35. The molecule has 7 nitrogen and oxygen atoms in total. The number of aromatic nitrogens is 4. The predicted octanol–water partition coefficient (Wildman–Crippen LogP) is 1.95. The normalized spacial score (nSPS) is 22.0. The summed E-state index contributed by atoms with van der Waals surface area (Å²) in [4.78, 5) is 12.4. The van der Waals surface area contributed by atoms with Crippen LogP contribution < -0.4 is 5.32 Å².